The van der Waals surface area contributed by atoms with Crippen LogP contribution in [0.3, 0.4) is 0 Å². The molecule has 2 N–H and O–H groups in total. The van der Waals surface area contributed by atoms with Crippen molar-refractivity contribution < 1.29 is 13.9 Å². The van der Waals surface area contributed by atoms with E-state index in [-0.39, 0.29) is 30.4 Å². The quantitative estimate of drug-likeness (QED) is 0.848. The first-order valence-corrected chi connectivity index (χ1v) is 7.85. The summed E-state index contributed by atoms with van der Waals surface area (Å²) in [7, 11) is 0. The van der Waals surface area contributed by atoms with Gasteiger partial charge < -0.3 is 15.4 Å². The molecule has 1 aromatic rings. The van der Waals surface area contributed by atoms with Crippen LogP contribution in [-0.4, -0.2) is 31.7 Å². The van der Waals surface area contributed by atoms with Gasteiger partial charge in [-0.2, -0.15) is 0 Å². The monoisotopic (exact) mass is 308 g/mol. The van der Waals surface area contributed by atoms with Crippen LogP contribution in [-0.2, 0) is 9.53 Å². The molecule has 1 aromatic carbocycles. The number of aryl methyl sites for hydroxylation is 2. The Morgan fingerprint density at radius 1 is 1.41 bits per heavy atom. The van der Waals surface area contributed by atoms with Crippen molar-refractivity contribution in [2.75, 3.05) is 19.7 Å². The molecule has 1 amide bonds. The Balaban J connectivity index is 1.80. The molecule has 0 aromatic heterocycles. The van der Waals surface area contributed by atoms with Crippen LogP contribution in [0.15, 0.2) is 12.1 Å². The number of carbonyl (C=O) groups excluding carboxylic acids is 1. The molecule has 1 aliphatic rings. The maximum absolute atomic E-state index is 13.6. The predicted octanol–water partition coefficient (Wildman–Crippen LogP) is 2.39. The van der Waals surface area contributed by atoms with Crippen LogP contribution >= 0.6 is 0 Å². The predicted molar refractivity (Wildman–Crippen MR) is 84.3 cm³/mol. The third-order valence-electron chi connectivity index (χ3n) is 4.02. The number of benzene rings is 1. The van der Waals surface area contributed by atoms with Gasteiger partial charge in [0.2, 0.25) is 5.91 Å². The number of halogens is 1. The van der Waals surface area contributed by atoms with Gasteiger partial charge in [-0.1, -0.05) is 12.1 Å². The second-order valence-corrected chi connectivity index (χ2v) is 6.02. The summed E-state index contributed by atoms with van der Waals surface area (Å²) >= 11 is 0. The van der Waals surface area contributed by atoms with Gasteiger partial charge in [0.1, 0.15) is 5.82 Å². The minimum absolute atomic E-state index is 0.0647. The third-order valence-corrected chi connectivity index (χ3v) is 4.02. The normalized spacial score (nSPS) is 19.2. The Kier molecular flexibility index (Phi) is 5.91. The summed E-state index contributed by atoms with van der Waals surface area (Å²) in [5, 5.41) is 6.05. The van der Waals surface area contributed by atoms with Gasteiger partial charge in [-0.3, -0.25) is 4.79 Å². The standard InChI is InChI=1S/C17H25FN2O2/c1-11-7-14(8-12(2)17(11)18)13(3)20-16(21)10-19-9-15-5-4-6-22-15/h7-8,13,15,19H,4-6,9-10H2,1-3H3,(H,20,21)/t13-,15-/m0/s1. The van der Waals surface area contributed by atoms with E-state index in [1.54, 1.807) is 26.0 Å². The van der Waals surface area contributed by atoms with E-state index in [0.717, 1.165) is 25.0 Å². The van der Waals surface area contributed by atoms with Crippen LogP contribution in [0.4, 0.5) is 4.39 Å². The lowest BCUT2D eigenvalue weighted by Gasteiger charge is -2.17. The van der Waals surface area contributed by atoms with Crippen molar-refractivity contribution in [1.29, 1.82) is 0 Å². The number of nitrogens with one attached hydrogen (secondary N) is 2. The summed E-state index contributed by atoms with van der Waals surface area (Å²) in [5.74, 6) is -0.245. The zero-order chi connectivity index (χ0) is 16.1. The van der Waals surface area contributed by atoms with Gasteiger partial charge >= 0.3 is 0 Å². The fraction of sp³-hybridized carbons (Fsp3) is 0.588. The number of hydrogen-bond donors (Lipinski definition) is 2. The number of ether oxygens (including phenoxy) is 1. The van der Waals surface area contributed by atoms with E-state index in [0.29, 0.717) is 17.7 Å². The molecule has 2 atom stereocenters. The van der Waals surface area contributed by atoms with Gasteiger partial charge in [-0.05, 0) is 50.3 Å². The van der Waals surface area contributed by atoms with Gasteiger partial charge in [-0.15, -0.1) is 0 Å². The molecule has 0 saturated carbocycles. The average molecular weight is 308 g/mol. The first-order chi connectivity index (χ1) is 10.5. The minimum atomic E-state index is -0.180. The summed E-state index contributed by atoms with van der Waals surface area (Å²) in [6, 6.07) is 3.43. The highest BCUT2D eigenvalue weighted by atomic mass is 19.1. The van der Waals surface area contributed by atoms with E-state index >= 15 is 0 Å². The lowest BCUT2D eigenvalue weighted by atomic mass is 10.0. The lowest BCUT2D eigenvalue weighted by Crippen LogP contribution is -2.38. The van der Waals surface area contributed by atoms with Crippen LogP contribution in [0.25, 0.3) is 0 Å². The van der Waals surface area contributed by atoms with Crippen molar-refractivity contribution in [3.8, 4) is 0 Å². The molecular weight excluding hydrogens is 283 g/mol. The van der Waals surface area contributed by atoms with Crippen molar-refractivity contribution >= 4 is 5.91 Å². The van der Waals surface area contributed by atoms with Gasteiger partial charge in [0.25, 0.3) is 0 Å². The molecule has 4 nitrogen and oxygen atoms in total. The molecule has 0 radical (unpaired) electrons. The third kappa shape index (κ3) is 4.52. The fourth-order valence-electron chi connectivity index (χ4n) is 2.76. The molecule has 2 rings (SSSR count). The molecule has 0 unspecified atom stereocenters. The zero-order valence-corrected chi connectivity index (χ0v) is 13.5. The van der Waals surface area contributed by atoms with Crippen molar-refractivity contribution in [1.82, 2.24) is 10.6 Å². The molecular formula is C17H25FN2O2. The van der Waals surface area contributed by atoms with E-state index in [2.05, 4.69) is 10.6 Å². The first-order valence-electron chi connectivity index (χ1n) is 7.85. The van der Waals surface area contributed by atoms with Crippen molar-refractivity contribution in [3.63, 3.8) is 0 Å². The minimum Gasteiger partial charge on any atom is -0.377 e. The largest absolute Gasteiger partial charge is 0.377 e. The molecule has 1 aliphatic heterocycles. The van der Waals surface area contributed by atoms with E-state index in [1.165, 1.54) is 0 Å². The van der Waals surface area contributed by atoms with Crippen molar-refractivity contribution in [2.24, 2.45) is 0 Å². The van der Waals surface area contributed by atoms with Gasteiger partial charge in [-0.25, -0.2) is 4.39 Å². The fourth-order valence-corrected chi connectivity index (χ4v) is 2.76. The van der Waals surface area contributed by atoms with Crippen LogP contribution in [0.2, 0.25) is 0 Å². The maximum atomic E-state index is 13.6. The van der Waals surface area contributed by atoms with Gasteiger partial charge in [0.05, 0.1) is 18.7 Å². The molecule has 0 spiro atoms. The average Bonchev–Trinajstić information content (AvgIpc) is 2.97. The highest BCUT2D eigenvalue weighted by Crippen LogP contribution is 2.19. The second-order valence-electron chi connectivity index (χ2n) is 6.02. The van der Waals surface area contributed by atoms with Crippen LogP contribution in [0, 0.1) is 19.7 Å². The Morgan fingerprint density at radius 3 is 2.68 bits per heavy atom. The molecule has 0 aliphatic carbocycles. The Labute approximate surface area is 131 Å². The number of hydrogen-bond acceptors (Lipinski definition) is 3. The Bertz CT molecular complexity index is 504. The van der Waals surface area contributed by atoms with Crippen LogP contribution < -0.4 is 10.6 Å². The smallest absolute Gasteiger partial charge is 0.234 e. The van der Waals surface area contributed by atoms with Crippen LogP contribution in [0.1, 0.15) is 42.5 Å². The summed E-state index contributed by atoms with van der Waals surface area (Å²) in [5.41, 5.74) is 2.13. The Hall–Kier alpha value is -1.46. The molecule has 22 heavy (non-hydrogen) atoms. The summed E-state index contributed by atoms with van der Waals surface area (Å²) in [4.78, 5) is 11.9. The van der Waals surface area contributed by atoms with Gasteiger partial charge in [0.15, 0.2) is 0 Å². The molecule has 122 valence electrons. The summed E-state index contributed by atoms with van der Waals surface area (Å²) in [6.45, 7) is 7.18. The number of rotatable bonds is 6. The molecule has 1 heterocycles. The van der Waals surface area contributed by atoms with E-state index in [4.69, 9.17) is 4.74 Å². The SMILES string of the molecule is Cc1cc([C@H](C)NC(=O)CNC[C@@H]2CCCO2)cc(C)c1F. The highest BCUT2D eigenvalue weighted by molar-refractivity contribution is 5.78. The molecule has 5 heteroatoms. The van der Waals surface area contributed by atoms with E-state index in [1.807, 2.05) is 6.92 Å². The number of amides is 1. The first kappa shape index (κ1) is 16.9. The molecule has 0 bridgehead atoms. The van der Waals surface area contributed by atoms with Gasteiger partial charge in [0, 0.05) is 13.2 Å². The van der Waals surface area contributed by atoms with E-state index < -0.39 is 0 Å². The molecule has 1 fully saturated rings. The van der Waals surface area contributed by atoms with Crippen LogP contribution in [0.5, 0.6) is 0 Å². The lowest BCUT2D eigenvalue weighted by molar-refractivity contribution is -0.120. The van der Waals surface area contributed by atoms with Crippen molar-refractivity contribution in [3.05, 3.63) is 34.6 Å². The maximum Gasteiger partial charge on any atom is 0.234 e. The number of carbonyl (C=O) groups is 1. The molecule has 1 saturated heterocycles. The second kappa shape index (κ2) is 7.70. The van der Waals surface area contributed by atoms with E-state index in [9.17, 15) is 9.18 Å². The topological polar surface area (TPSA) is 50.4 Å². The summed E-state index contributed by atoms with van der Waals surface area (Å²) in [6.07, 6.45) is 2.38. The highest BCUT2D eigenvalue weighted by Gasteiger charge is 2.16. The zero-order valence-electron chi connectivity index (χ0n) is 13.5. The van der Waals surface area contributed by atoms with Crippen molar-refractivity contribution in [2.45, 2.75) is 45.8 Å². The Morgan fingerprint density at radius 2 is 2.09 bits per heavy atom. The summed E-state index contributed by atoms with van der Waals surface area (Å²) < 4.78 is 19.1.